The summed E-state index contributed by atoms with van der Waals surface area (Å²) in [4.78, 5) is 19.9. The third-order valence-corrected chi connectivity index (χ3v) is 2.20. The summed E-state index contributed by atoms with van der Waals surface area (Å²) >= 11 is 4.74. The molecule has 0 aromatic carbocycles. The summed E-state index contributed by atoms with van der Waals surface area (Å²) in [6.45, 7) is 1.76. The Hall–Kier alpha value is -1.82. The highest BCUT2D eigenvalue weighted by Crippen LogP contribution is 2.04. The van der Waals surface area contributed by atoms with Crippen molar-refractivity contribution in [1.82, 2.24) is 14.5 Å². The lowest BCUT2D eigenvalue weighted by molar-refractivity contribution is 1.05. The average Bonchev–Trinajstić information content (AvgIpc) is 2.17. The molecule has 2 aromatic heterocycles. The van der Waals surface area contributed by atoms with E-state index in [1.807, 2.05) is 0 Å². The number of hydrogen-bond donors (Lipinski definition) is 1. The first-order valence-electron chi connectivity index (χ1n) is 4.24. The molecule has 0 saturated carbocycles. The molecule has 0 amide bonds. The molecule has 2 aromatic rings. The van der Waals surface area contributed by atoms with Crippen molar-refractivity contribution in [2.24, 2.45) is 5.73 Å². The maximum Gasteiger partial charge on any atom is 0.267 e. The highest BCUT2D eigenvalue weighted by Gasteiger charge is 2.05. The van der Waals surface area contributed by atoms with E-state index in [-0.39, 0.29) is 10.7 Å². The van der Waals surface area contributed by atoms with E-state index in [1.165, 1.54) is 17.0 Å². The van der Waals surface area contributed by atoms with E-state index in [0.717, 1.165) is 0 Å². The third-order valence-electron chi connectivity index (χ3n) is 2.01. The zero-order chi connectivity index (χ0) is 11.0. The Kier molecular flexibility index (Phi) is 2.20. The van der Waals surface area contributed by atoms with Crippen molar-refractivity contribution in [2.45, 2.75) is 6.92 Å². The molecule has 0 bridgehead atoms. The van der Waals surface area contributed by atoms with Crippen LogP contribution in [0.3, 0.4) is 0 Å². The number of fused-ring (bicyclic) bond motifs is 1. The van der Waals surface area contributed by atoms with Crippen LogP contribution in [-0.4, -0.2) is 19.6 Å². The van der Waals surface area contributed by atoms with Gasteiger partial charge >= 0.3 is 0 Å². The van der Waals surface area contributed by atoms with Gasteiger partial charge in [-0.1, -0.05) is 0 Å². The average molecular weight is 220 g/mol. The first-order chi connectivity index (χ1) is 7.09. The van der Waals surface area contributed by atoms with Crippen LogP contribution < -0.4 is 11.3 Å². The third kappa shape index (κ3) is 1.59. The number of thiocarbonyl (C=S) groups is 1. The fourth-order valence-electron chi connectivity index (χ4n) is 1.30. The summed E-state index contributed by atoms with van der Waals surface area (Å²) in [5.41, 5.74) is 5.69. The highest BCUT2D eigenvalue weighted by molar-refractivity contribution is 7.80. The molecule has 0 aliphatic carbocycles. The van der Waals surface area contributed by atoms with Gasteiger partial charge in [-0.15, -0.1) is 0 Å². The quantitative estimate of drug-likeness (QED) is 0.642. The van der Waals surface area contributed by atoms with Gasteiger partial charge in [-0.25, -0.2) is 9.97 Å². The highest BCUT2D eigenvalue weighted by atomic mass is 32.1. The number of rotatable bonds is 0. The molecule has 76 valence electrons. The number of nitrogens with zero attached hydrogens (tertiary/aromatic N) is 3. The van der Waals surface area contributed by atoms with Crippen molar-refractivity contribution >= 4 is 28.2 Å². The normalized spacial score (nSPS) is 10.5. The summed E-state index contributed by atoms with van der Waals surface area (Å²) < 4.78 is 1.19. The maximum absolute atomic E-state index is 11.8. The molecule has 2 N–H and O–H groups in total. The van der Waals surface area contributed by atoms with Gasteiger partial charge in [0.25, 0.3) is 5.56 Å². The van der Waals surface area contributed by atoms with Crippen LogP contribution in [0.1, 0.15) is 5.82 Å². The summed E-state index contributed by atoms with van der Waals surface area (Å²) in [7, 11) is 0. The lowest BCUT2D eigenvalue weighted by Gasteiger charge is -2.03. The van der Waals surface area contributed by atoms with E-state index < -0.39 is 0 Å². The van der Waals surface area contributed by atoms with Crippen LogP contribution in [0.4, 0.5) is 0 Å². The molecule has 0 aliphatic heterocycles. The van der Waals surface area contributed by atoms with Crippen LogP contribution in [0.25, 0.3) is 10.9 Å². The van der Waals surface area contributed by atoms with Crippen LogP contribution in [0, 0.1) is 6.92 Å². The van der Waals surface area contributed by atoms with E-state index in [0.29, 0.717) is 16.7 Å². The zero-order valence-corrected chi connectivity index (χ0v) is 8.78. The van der Waals surface area contributed by atoms with E-state index in [9.17, 15) is 4.79 Å². The van der Waals surface area contributed by atoms with Crippen LogP contribution >= 0.6 is 12.2 Å². The van der Waals surface area contributed by atoms with E-state index in [4.69, 9.17) is 18.0 Å². The van der Waals surface area contributed by atoms with Gasteiger partial charge in [0, 0.05) is 12.4 Å². The van der Waals surface area contributed by atoms with Gasteiger partial charge < -0.3 is 5.73 Å². The number of hydrogen-bond acceptors (Lipinski definition) is 4. The molecule has 6 heteroatoms. The first kappa shape index (κ1) is 9.72. The Bertz CT molecular complexity index is 605. The maximum atomic E-state index is 11.8. The monoisotopic (exact) mass is 220 g/mol. The van der Waals surface area contributed by atoms with Gasteiger partial charge in [0.1, 0.15) is 5.82 Å². The minimum absolute atomic E-state index is 0.0162. The molecular weight excluding hydrogens is 212 g/mol. The van der Waals surface area contributed by atoms with Crippen molar-refractivity contribution < 1.29 is 0 Å². The molecule has 0 radical (unpaired) electrons. The molecule has 15 heavy (non-hydrogen) atoms. The van der Waals surface area contributed by atoms with Crippen molar-refractivity contribution in [3.8, 4) is 0 Å². The number of aryl methyl sites for hydroxylation is 1. The standard InChI is InChI=1S/C9H8N4OS/c1-5-11-4-6-7(12-5)2-3-13(8(6)14)9(10)15/h2-4H,1H3,(H2,10,15). The summed E-state index contributed by atoms with van der Waals surface area (Å²) in [5.74, 6) is 0.620. The Labute approximate surface area is 90.6 Å². The van der Waals surface area contributed by atoms with Crippen molar-refractivity contribution in [1.29, 1.82) is 0 Å². The van der Waals surface area contributed by atoms with Crippen LogP contribution in [0.5, 0.6) is 0 Å². The number of pyridine rings is 1. The van der Waals surface area contributed by atoms with Crippen molar-refractivity contribution in [2.75, 3.05) is 0 Å². The minimum atomic E-state index is -0.292. The molecule has 0 unspecified atom stereocenters. The van der Waals surface area contributed by atoms with Gasteiger partial charge in [-0.2, -0.15) is 0 Å². The minimum Gasteiger partial charge on any atom is -0.376 e. The van der Waals surface area contributed by atoms with Crippen molar-refractivity contribution in [3.05, 3.63) is 34.6 Å². The number of nitrogens with two attached hydrogens (primary N) is 1. The Morgan fingerprint density at radius 1 is 1.60 bits per heavy atom. The summed E-state index contributed by atoms with van der Waals surface area (Å²) in [5, 5.41) is 0.429. The summed E-state index contributed by atoms with van der Waals surface area (Å²) in [6, 6.07) is 1.69. The molecule has 2 rings (SSSR count). The molecule has 0 fully saturated rings. The fraction of sp³-hybridized carbons (Fsp3) is 0.111. The molecule has 0 aliphatic rings. The molecule has 0 saturated heterocycles. The smallest absolute Gasteiger partial charge is 0.267 e. The first-order valence-corrected chi connectivity index (χ1v) is 4.65. The van der Waals surface area contributed by atoms with Gasteiger partial charge in [-0.05, 0) is 25.2 Å². The van der Waals surface area contributed by atoms with Gasteiger partial charge in [0.05, 0.1) is 10.9 Å². The lowest BCUT2D eigenvalue weighted by atomic mass is 10.3. The molecule has 2 heterocycles. The fourth-order valence-corrected chi connectivity index (χ4v) is 1.44. The second-order valence-corrected chi connectivity index (χ2v) is 3.46. The predicted molar refractivity (Wildman–Crippen MR) is 60.7 cm³/mol. The number of aromatic nitrogens is 3. The SMILES string of the molecule is Cc1ncc2c(=O)n(C(N)=S)ccc2n1. The molecular formula is C9H8N4OS. The second kappa shape index (κ2) is 3.39. The Morgan fingerprint density at radius 2 is 2.33 bits per heavy atom. The second-order valence-electron chi connectivity index (χ2n) is 3.05. The summed E-state index contributed by atoms with van der Waals surface area (Å²) in [6.07, 6.45) is 2.99. The van der Waals surface area contributed by atoms with Gasteiger partial charge in [0.2, 0.25) is 0 Å². The Balaban J connectivity index is 2.86. The van der Waals surface area contributed by atoms with Crippen molar-refractivity contribution in [3.63, 3.8) is 0 Å². The van der Waals surface area contributed by atoms with E-state index in [1.54, 1.807) is 13.0 Å². The Morgan fingerprint density at radius 3 is 3.00 bits per heavy atom. The van der Waals surface area contributed by atoms with Gasteiger partial charge in [0.15, 0.2) is 5.11 Å². The molecule has 5 nitrogen and oxygen atoms in total. The van der Waals surface area contributed by atoms with Gasteiger partial charge in [-0.3, -0.25) is 9.36 Å². The molecule has 0 spiro atoms. The van der Waals surface area contributed by atoms with E-state index in [2.05, 4.69) is 9.97 Å². The largest absolute Gasteiger partial charge is 0.376 e. The van der Waals surface area contributed by atoms with Crippen LogP contribution in [-0.2, 0) is 0 Å². The van der Waals surface area contributed by atoms with Crippen LogP contribution in [0.15, 0.2) is 23.3 Å². The topological polar surface area (TPSA) is 73.8 Å². The van der Waals surface area contributed by atoms with Crippen LogP contribution in [0.2, 0.25) is 0 Å². The lowest BCUT2D eigenvalue weighted by Crippen LogP contribution is -2.31. The molecule has 0 atom stereocenters. The van der Waals surface area contributed by atoms with E-state index >= 15 is 0 Å². The zero-order valence-electron chi connectivity index (χ0n) is 7.97. The predicted octanol–water partition coefficient (Wildman–Crippen LogP) is 0.192.